The van der Waals surface area contributed by atoms with E-state index >= 15 is 0 Å². The van der Waals surface area contributed by atoms with Crippen LogP contribution in [-0.2, 0) is 9.47 Å². The molecule has 0 saturated carbocycles. The maximum Gasteiger partial charge on any atom is 0.163 e. The van der Waals surface area contributed by atoms with Crippen LogP contribution in [0.3, 0.4) is 0 Å². The molecule has 1 fully saturated rings. The average Bonchev–Trinajstić information content (AvgIpc) is 2.14. The molecular weight excluding hydrogens is 192 g/mol. The zero-order valence-electron chi connectivity index (χ0n) is 9.90. The second-order valence-electron chi connectivity index (χ2n) is 4.67. The highest BCUT2D eigenvalue weighted by atomic mass is 16.7. The first kappa shape index (κ1) is 12.7. The standard InChI is InChI=1S/C12H22O3/c1-5-9(2)11(13)8-10-6-7-14-12(3,4)15-10/h5,9-11,13H,1,6-8H2,2-4H3/t9-,10+,11-/m0/s1. The van der Waals surface area contributed by atoms with E-state index in [1.807, 2.05) is 20.8 Å². The molecule has 88 valence electrons. The zero-order chi connectivity index (χ0) is 11.5. The first-order valence-electron chi connectivity index (χ1n) is 5.57. The first-order chi connectivity index (χ1) is 6.94. The number of hydrogen-bond donors (Lipinski definition) is 1. The lowest BCUT2D eigenvalue weighted by atomic mass is 9.97. The van der Waals surface area contributed by atoms with Crippen molar-refractivity contribution in [3.05, 3.63) is 12.7 Å². The van der Waals surface area contributed by atoms with Gasteiger partial charge in [0.2, 0.25) is 0 Å². The predicted molar refractivity (Wildman–Crippen MR) is 59.5 cm³/mol. The Morgan fingerprint density at radius 1 is 1.60 bits per heavy atom. The van der Waals surface area contributed by atoms with Gasteiger partial charge in [0.05, 0.1) is 18.8 Å². The van der Waals surface area contributed by atoms with Crippen LogP contribution in [0.1, 0.15) is 33.6 Å². The van der Waals surface area contributed by atoms with Gasteiger partial charge in [-0.15, -0.1) is 6.58 Å². The molecule has 0 bridgehead atoms. The molecule has 1 N–H and O–H groups in total. The lowest BCUT2D eigenvalue weighted by Gasteiger charge is -2.37. The maximum atomic E-state index is 9.85. The van der Waals surface area contributed by atoms with Crippen molar-refractivity contribution in [2.45, 2.75) is 51.6 Å². The second kappa shape index (κ2) is 5.10. The van der Waals surface area contributed by atoms with Gasteiger partial charge in [-0.2, -0.15) is 0 Å². The summed E-state index contributed by atoms with van der Waals surface area (Å²) in [5.41, 5.74) is 0. The largest absolute Gasteiger partial charge is 0.392 e. The molecule has 0 radical (unpaired) electrons. The van der Waals surface area contributed by atoms with E-state index in [0.29, 0.717) is 13.0 Å². The Morgan fingerprint density at radius 2 is 2.27 bits per heavy atom. The van der Waals surface area contributed by atoms with Crippen molar-refractivity contribution in [1.29, 1.82) is 0 Å². The Hall–Kier alpha value is -0.380. The van der Waals surface area contributed by atoms with Crippen LogP contribution in [0.2, 0.25) is 0 Å². The van der Waals surface area contributed by atoms with Crippen LogP contribution in [0.25, 0.3) is 0 Å². The monoisotopic (exact) mass is 214 g/mol. The number of hydrogen-bond acceptors (Lipinski definition) is 3. The van der Waals surface area contributed by atoms with Crippen molar-refractivity contribution in [3.8, 4) is 0 Å². The molecule has 1 aliphatic rings. The molecule has 0 amide bonds. The number of aliphatic hydroxyl groups is 1. The van der Waals surface area contributed by atoms with Crippen LogP contribution in [0.15, 0.2) is 12.7 Å². The summed E-state index contributed by atoms with van der Waals surface area (Å²) in [5, 5.41) is 9.85. The van der Waals surface area contributed by atoms with Crippen molar-refractivity contribution in [2.24, 2.45) is 5.92 Å². The molecule has 0 aliphatic carbocycles. The van der Waals surface area contributed by atoms with E-state index in [1.165, 1.54) is 0 Å². The van der Waals surface area contributed by atoms with Gasteiger partial charge >= 0.3 is 0 Å². The molecule has 3 heteroatoms. The van der Waals surface area contributed by atoms with E-state index in [2.05, 4.69) is 6.58 Å². The summed E-state index contributed by atoms with van der Waals surface area (Å²) in [6.45, 7) is 10.2. The fraction of sp³-hybridized carbons (Fsp3) is 0.833. The third-order valence-corrected chi connectivity index (χ3v) is 2.82. The molecule has 3 atom stereocenters. The summed E-state index contributed by atoms with van der Waals surface area (Å²) in [6, 6.07) is 0. The quantitative estimate of drug-likeness (QED) is 0.728. The lowest BCUT2D eigenvalue weighted by Crippen LogP contribution is -2.41. The highest BCUT2D eigenvalue weighted by Crippen LogP contribution is 2.25. The molecule has 3 nitrogen and oxygen atoms in total. The molecule has 1 saturated heterocycles. The van der Waals surface area contributed by atoms with E-state index in [9.17, 15) is 5.11 Å². The molecule has 15 heavy (non-hydrogen) atoms. The Kier molecular flexibility index (Phi) is 4.32. The zero-order valence-corrected chi connectivity index (χ0v) is 9.90. The van der Waals surface area contributed by atoms with E-state index in [-0.39, 0.29) is 18.1 Å². The summed E-state index contributed by atoms with van der Waals surface area (Å²) in [7, 11) is 0. The van der Waals surface area contributed by atoms with E-state index in [0.717, 1.165) is 6.42 Å². The topological polar surface area (TPSA) is 38.7 Å². The smallest absolute Gasteiger partial charge is 0.163 e. The number of rotatable bonds is 4. The summed E-state index contributed by atoms with van der Waals surface area (Å²) < 4.78 is 11.2. The van der Waals surface area contributed by atoms with Crippen molar-refractivity contribution in [3.63, 3.8) is 0 Å². The van der Waals surface area contributed by atoms with Crippen LogP contribution < -0.4 is 0 Å². The molecule has 0 aromatic rings. The molecule has 0 unspecified atom stereocenters. The van der Waals surface area contributed by atoms with Gasteiger partial charge in [0.1, 0.15) is 0 Å². The van der Waals surface area contributed by atoms with Gasteiger partial charge < -0.3 is 14.6 Å². The van der Waals surface area contributed by atoms with Gasteiger partial charge in [-0.25, -0.2) is 0 Å². The summed E-state index contributed by atoms with van der Waals surface area (Å²) in [5.74, 6) is -0.403. The highest BCUT2D eigenvalue weighted by Gasteiger charge is 2.31. The van der Waals surface area contributed by atoms with E-state index in [4.69, 9.17) is 9.47 Å². The SMILES string of the molecule is C=C[C@H](C)[C@@H](O)C[C@H]1CCOC(C)(C)O1. The molecule has 1 rings (SSSR count). The van der Waals surface area contributed by atoms with Crippen molar-refractivity contribution in [2.75, 3.05) is 6.61 Å². The van der Waals surface area contributed by atoms with Crippen molar-refractivity contribution >= 4 is 0 Å². The van der Waals surface area contributed by atoms with Gasteiger partial charge in [0.15, 0.2) is 5.79 Å². The van der Waals surface area contributed by atoms with Crippen LogP contribution >= 0.6 is 0 Å². The fourth-order valence-electron chi connectivity index (χ4n) is 1.74. The second-order valence-corrected chi connectivity index (χ2v) is 4.67. The van der Waals surface area contributed by atoms with Crippen LogP contribution in [0.5, 0.6) is 0 Å². The normalized spacial score (nSPS) is 29.5. The molecule has 0 aromatic heterocycles. The summed E-state index contributed by atoms with van der Waals surface area (Å²) in [4.78, 5) is 0. The Balaban J connectivity index is 2.41. The average molecular weight is 214 g/mol. The van der Waals surface area contributed by atoms with Crippen LogP contribution in [-0.4, -0.2) is 29.7 Å². The van der Waals surface area contributed by atoms with Crippen LogP contribution in [0.4, 0.5) is 0 Å². The predicted octanol–water partition coefficient (Wildman–Crippen LogP) is 2.10. The van der Waals surface area contributed by atoms with Gasteiger partial charge in [-0.1, -0.05) is 13.0 Å². The van der Waals surface area contributed by atoms with Gasteiger partial charge in [0.25, 0.3) is 0 Å². The Bertz CT molecular complexity index is 213. The van der Waals surface area contributed by atoms with Gasteiger partial charge in [-0.3, -0.25) is 0 Å². The Morgan fingerprint density at radius 3 is 2.80 bits per heavy atom. The van der Waals surface area contributed by atoms with E-state index in [1.54, 1.807) is 6.08 Å². The maximum absolute atomic E-state index is 9.85. The molecule has 0 aromatic carbocycles. The third-order valence-electron chi connectivity index (χ3n) is 2.82. The highest BCUT2D eigenvalue weighted by molar-refractivity contribution is 4.83. The first-order valence-corrected chi connectivity index (χ1v) is 5.57. The number of ether oxygens (including phenoxy) is 2. The minimum atomic E-state index is -0.514. The molecule has 0 spiro atoms. The minimum Gasteiger partial charge on any atom is -0.392 e. The molecule has 1 heterocycles. The Labute approximate surface area is 92.1 Å². The lowest BCUT2D eigenvalue weighted by molar-refractivity contribution is -0.277. The third kappa shape index (κ3) is 3.93. The van der Waals surface area contributed by atoms with E-state index < -0.39 is 5.79 Å². The molecule has 1 aliphatic heterocycles. The van der Waals surface area contributed by atoms with Gasteiger partial charge in [-0.05, 0) is 26.2 Å². The number of aliphatic hydroxyl groups excluding tert-OH is 1. The summed E-state index contributed by atoms with van der Waals surface area (Å²) >= 11 is 0. The van der Waals surface area contributed by atoms with Gasteiger partial charge in [0, 0.05) is 6.42 Å². The van der Waals surface area contributed by atoms with Crippen LogP contribution in [0, 0.1) is 5.92 Å². The fourth-order valence-corrected chi connectivity index (χ4v) is 1.74. The minimum absolute atomic E-state index is 0.0890. The van der Waals surface area contributed by atoms with Crippen molar-refractivity contribution in [1.82, 2.24) is 0 Å². The summed E-state index contributed by atoms with van der Waals surface area (Å²) in [6.07, 6.45) is 2.99. The molecular formula is C12H22O3. The van der Waals surface area contributed by atoms with Crippen molar-refractivity contribution < 1.29 is 14.6 Å².